The fraction of sp³-hybridized carbons (Fsp3) is 0.400. The van der Waals surface area contributed by atoms with Gasteiger partial charge >= 0.3 is 0 Å². The van der Waals surface area contributed by atoms with Crippen LogP contribution < -0.4 is 0 Å². The van der Waals surface area contributed by atoms with Crippen molar-refractivity contribution in [3.05, 3.63) is 59.4 Å². The Kier molecular flexibility index (Phi) is 4.38. The second kappa shape index (κ2) is 6.43. The lowest BCUT2D eigenvalue weighted by Crippen LogP contribution is -2.14. The highest BCUT2D eigenvalue weighted by Crippen LogP contribution is 2.31. The maximum atomic E-state index is 13.0. The van der Waals surface area contributed by atoms with Crippen LogP contribution in [-0.4, -0.2) is 0 Å². The normalized spacial score (nSPS) is 17.5. The molecule has 0 heterocycles. The number of hydrogen-bond acceptors (Lipinski definition) is 0. The van der Waals surface area contributed by atoms with Crippen LogP contribution in [0.1, 0.15) is 43.7 Å². The van der Waals surface area contributed by atoms with Crippen LogP contribution in [-0.2, 0) is 12.8 Å². The summed E-state index contributed by atoms with van der Waals surface area (Å²) in [6.07, 6.45) is 7.77. The predicted molar refractivity (Wildman–Crippen MR) is 86.9 cm³/mol. The van der Waals surface area contributed by atoms with Crippen molar-refractivity contribution in [3.63, 3.8) is 0 Å². The third-order valence-corrected chi connectivity index (χ3v) is 4.68. The molecule has 0 saturated heterocycles. The summed E-state index contributed by atoms with van der Waals surface area (Å²) in [6.45, 7) is 2.27. The van der Waals surface area contributed by atoms with E-state index in [2.05, 4.69) is 25.1 Å². The van der Waals surface area contributed by atoms with Gasteiger partial charge in [-0.25, -0.2) is 4.39 Å². The Morgan fingerprint density at radius 3 is 2.52 bits per heavy atom. The second-order valence-electron chi connectivity index (χ2n) is 6.24. The number of halogens is 1. The van der Waals surface area contributed by atoms with Crippen LogP contribution in [0.2, 0.25) is 0 Å². The van der Waals surface area contributed by atoms with Crippen molar-refractivity contribution >= 4 is 0 Å². The minimum atomic E-state index is -0.171. The van der Waals surface area contributed by atoms with Crippen molar-refractivity contribution in [2.45, 2.75) is 45.4 Å². The molecular formula is C20H23F. The smallest absolute Gasteiger partial charge is 0.123 e. The van der Waals surface area contributed by atoms with E-state index in [1.807, 2.05) is 12.1 Å². The number of hydrogen-bond donors (Lipinski definition) is 0. The van der Waals surface area contributed by atoms with Crippen molar-refractivity contribution in [1.29, 1.82) is 0 Å². The van der Waals surface area contributed by atoms with Crippen LogP contribution in [0, 0.1) is 11.7 Å². The second-order valence-corrected chi connectivity index (χ2v) is 6.24. The van der Waals surface area contributed by atoms with Crippen molar-refractivity contribution in [2.24, 2.45) is 5.92 Å². The van der Waals surface area contributed by atoms with Gasteiger partial charge in [0.25, 0.3) is 0 Å². The summed E-state index contributed by atoms with van der Waals surface area (Å²) in [4.78, 5) is 0. The Morgan fingerprint density at radius 2 is 1.76 bits per heavy atom. The molecule has 0 fully saturated rings. The predicted octanol–water partition coefficient (Wildman–Crippen LogP) is 5.79. The monoisotopic (exact) mass is 282 g/mol. The van der Waals surface area contributed by atoms with E-state index in [9.17, 15) is 4.39 Å². The van der Waals surface area contributed by atoms with E-state index in [1.165, 1.54) is 67.3 Å². The maximum Gasteiger partial charge on any atom is 0.123 e. The van der Waals surface area contributed by atoms with E-state index in [0.29, 0.717) is 0 Å². The molecule has 21 heavy (non-hydrogen) atoms. The molecule has 2 aromatic rings. The summed E-state index contributed by atoms with van der Waals surface area (Å²) in [5, 5.41) is 0. The number of fused-ring (bicyclic) bond motifs is 1. The third kappa shape index (κ3) is 3.34. The number of unbranched alkanes of at least 4 members (excludes halogenated alkanes) is 1. The first-order valence-electron chi connectivity index (χ1n) is 8.14. The molecule has 0 radical (unpaired) electrons. The average Bonchev–Trinajstić information content (AvgIpc) is 2.53. The van der Waals surface area contributed by atoms with Gasteiger partial charge in [-0.05, 0) is 59.6 Å². The minimum absolute atomic E-state index is 0.171. The fourth-order valence-corrected chi connectivity index (χ4v) is 3.39. The lowest BCUT2D eigenvalue weighted by Gasteiger charge is -2.25. The van der Waals surface area contributed by atoms with E-state index in [1.54, 1.807) is 0 Å². The zero-order chi connectivity index (χ0) is 14.7. The Labute approximate surface area is 127 Å². The van der Waals surface area contributed by atoms with E-state index in [-0.39, 0.29) is 5.82 Å². The average molecular weight is 282 g/mol. The summed E-state index contributed by atoms with van der Waals surface area (Å²) >= 11 is 0. The summed E-state index contributed by atoms with van der Waals surface area (Å²) in [7, 11) is 0. The van der Waals surface area contributed by atoms with Crippen molar-refractivity contribution in [2.75, 3.05) is 0 Å². The molecule has 0 aliphatic heterocycles. The molecule has 0 saturated carbocycles. The van der Waals surface area contributed by atoms with Crippen molar-refractivity contribution < 1.29 is 4.39 Å². The molecule has 0 nitrogen and oxygen atoms in total. The quantitative estimate of drug-likeness (QED) is 0.666. The van der Waals surface area contributed by atoms with Gasteiger partial charge in [0.15, 0.2) is 0 Å². The Hall–Kier alpha value is -1.63. The SMILES string of the molecule is CCCCC1CCc2cc(-c3ccc(F)cc3)ccc2C1. The Morgan fingerprint density at radius 1 is 1.00 bits per heavy atom. The van der Waals surface area contributed by atoms with Crippen LogP contribution in [0.15, 0.2) is 42.5 Å². The van der Waals surface area contributed by atoms with E-state index in [4.69, 9.17) is 0 Å². The molecule has 2 aromatic carbocycles. The maximum absolute atomic E-state index is 13.0. The molecule has 110 valence electrons. The van der Waals surface area contributed by atoms with Gasteiger partial charge < -0.3 is 0 Å². The summed E-state index contributed by atoms with van der Waals surface area (Å²) in [6, 6.07) is 13.6. The molecule has 1 heteroatoms. The zero-order valence-electron chi connectivity index (χ0n) is 12.7. The van der Waals surface area contributed by atoms with Gasteiger partial charge in [-0.2, -0.15) is 0 Å². The Bertz CT molecular complexity index is 598. The molecule has 0 aromatic heterocycles. The highest BCUT2D eigenvalue weighted by molar-refractivity contribution is 5.65. The molecule has 0 bridgehead atoms. The number of rotatable bonds is 4. The third-order valence-electron chi connectivity index (χ3n) is 4.68. The van der Waals surface area contributed by atoms with Gasteiger partial charge in [0.05, 0.1) is 0 Å². The summed E-state index contributed by atoms with van der Waals surface area (Å²) < 4.78 is 13.0. The highest BCUT2D eigenvalue weighted by atomic mass is 19.1. The van der Waals surface area contributed by atoms with Crippen LogP contribution in [0.5, 0.6) is 0 Å². The molecule has 0 amide bonds. The molecule has 0 N–H and O–H groups in total. The summed E-state index contributed by atoms with van der Waals surface area (Å²) in [5.41, 5.74) is 5.32. The van der Waals surface area contributed by atoms with Crippen LogP contribution in [0.4, 0.5) is 4.39 Å². The molecule has 0 spiro atoms. The Balaban J connectivity index is 1.78. The van der Waals surface area contributed by atoms with Crippen LogP contribution in [0.25, 0.3) is 11.1 Å². The highest BCUT2D eigenvalue weighted by Gasteiger charge is 2.18. The number of benzene rings is 2. The van der Waals surface area contributed by atoms with E-state index < -0.39 is 0 Å². The van der Waals surface area contributed by atoms with Gasteiger partial charge in [0, 0.05) is 0 Å². The number of aryl methyl sites for hydroxylation is 1. The summed E-state index contributed by atoms with van der Waals surface area (Å²) in [5.74, 6) is 0.699. The van der Waals surface area contributed by atoms with Gasteiger partial charge in [-0.3, -0.25) is 0 Å². The van der Waals surface area contributed by atoms with Crippen LogP contribution >= 0.6 is 0 Å². The standard InChI is InChI=1S/C20H23F/c1-2-3-4-15-5-6-19-14-18(8-7-17(19)13-15)16-9-11-20(21)12-10-16/h7-12,14-15H,2-6,13H2,1H3. The molecule has 1 atom stereocenters. The lowest BCUT2D eigenvalue weighted by atomic mass is 9.80. The first-order chi connectivity index (χ1) is 10.3. The van der Waals surface area contributed by atoms with E-state index >= 15 is 0 Å². The van der Waals surface area contributed by atoms with Crippen molar-refractivity contribution in [1.82, 2.24) is 0 Å². The van der Waals surface area contributed by atoms with Gasteiger partial charge in [-0.15, -0.1) is 0 Å². The first-order valence-corrected chi connectivity index (χ1v) is 8.14. The zero-order valence-corrected chi connectivity index (χ0v) is 12.7. The molecule has 1 aliphatic rings. The lowest BCUT2D eigenvalue weighted by molar-refractivity contribution is 0.413. The minimum Gasteiger partial charge on any atom is -0.207 e. The molecular weight excluding hydrogens is 259 g/mol. The fourth-order valence-electron chi connectivity index (χ4n) is 3.39. The van der Waals surface area contributed by atoms with Gasteiger partial charge in [0.2, 0.25) is 0 Å². The van der Waals surface area contributed by atoms with Crippen molar-refractivity contribution in [3.8, 4) is 11.1 Å². The van der Waals surface area contributed by atoms with Crippen LogP contribution in [0.3, 0.4) is 0 Å². The van der Waals surface area contributed by atoms with Gasteiger partial charge in [0.1, 0.15) is 5.82 Å². The van der Waals surface area contributed by atoms with Gasteiger partial charge in [-0.1, -0.05) is 56.5 Å². The largest absolute Gasteiger partial charge is 0.207 e. The molecule has 1 unspecified atom stereocenters. The first kappa shape index (κ1) is 14.3. The van der Waals surface area contributed by atoms with E-state index in [0.717, 1.165) is 11.5 Å². The topological polar surface area (TPSA) is 0 Å². The molecule has 1 aliphatic carbocycles. The molecule has 3 rings (SSSR count).